The number of para-hydroxylation sites is 1. The molecule has 3 heterocycles. The zero-order valence-electron chi connectivity index (χ0n) is 19.2. The van der Waals surface area contributed by atoms with Gasteiger partial charge in [-0.3, -0.25) is 4.79 Å². The van der Waals surface area contributed by atoms with Crippen molar-refractivity contribution in [2.75, 3.05) is 23.3 Å². The molecule has 2 aromatic carbocycles. The van der Waals surface area contributed by atoms with E-state index in [1.807, 2.05) is 32.0 Å². The van der Waals surface area contributed by atoms with Crippen LogP contribution in [0.4, 0.5) is 20.4 Å². The molecule has 35 heavy (non-hydrogen) atoms. The normalized spacial score (nSPS) is 16.4. The van der Waals surface area contributed by atoms with Gasteiger partial charge in [-0.15, -0.1) is 5.10 Å². The van der Waals surface area contributed by atoms with E-state index in [-0.39, 0.29) is 49.2 Å². The number of hydrogen-bond donors (Lipinski definition) is 2. The van der Waals surface area contributed by atoms with Crippen molar-refractivity contribution < 1.29 is 17.6 Å². The van der Waals surface area contributed by atoms with Gasteiger partial charge >= 0.3 is 5.76 Å². The highest BCUT2D eigenvalue weighted by molar-refractivity contribution is 5.83. The van der Waals surface area contributed by atoms with E-state index in [0.717, 1.165) is 11.1 Å². The van der Waals surface area contributed by atoms with Crippen molar-refractivity contribution in [1.82, 2.24) is 10.2 Å². The number of aromatic nitrogens is 2. The predicted molar refractivity (Wildman–Crippen MR) is 128 cm³/mol. The first-order chi connectivity index (χ1) is 16.7. The summed E-state index contributed by atoms with van der Waals surface area (Å²) >= 11 is 0. The average Bonchev–Trinajstić information content (AvgIpc) is 3.25. The molecule has 10 heteroatoms. The van der Waals surface area contributed by atoms with Crippen molar-refractivity contribution in [3.63, 3.8) is 0 Å². The number of fused-ring (bicyclic) bond motifs is 1. The Morgan fingerprint density at radius 3 is 2.57 bits per heavy atom. The van der Waals surface area contributed by atoms with Gasteiger partial charge in [0, 0.05) is 43.2 Å². The molecule has 1 aliphatic heterocycles. The van der Waals surface area contributed by atoms with E-state index in [1.54, 1.807) is 23.1 Å². The largest absolute Gasteiger partial charge is 0.440 e. The van der Waals surface area contributed by atoms with Crippen molar-refractivity contribution in [1.29, 1.82) is 0 Å². The minimum absolute atomic E-state index is 0.110. The molecule has 8 nitrogen and oxygen atoms in total. The van der Waals surface area contributed by atoms with Crippen LogP contribution in [0.3, 0.4) is 0 Å². The third kappa shape index (κ3) is 4.55. The van der Waals surface area contributed by atoms with Crippen LogP contribution < -0.4 is 21.4 Å². The molecule has 0 spiro atoms. The quantitative estimate of drug-likeness (QED) is 0.419. The molecule has 5 rings (SSSR count). The molecule has 0 bridgehead atoms. The van der Waals surface area contributed by atoms with Crippen LogP contribution in [-0.2, 0) is 0 Å². The molecule has 2 N–H and O–H groups in total. The number of anilines is 2. The van der Waals surface area contributed by atoms with E-state index in [1.165, 1.54) is 6.07 Å². The summed E-state index contributed by atoms with van der Waals surface area (Å²) < 4.78 is 38.6. The molecule has 0 saturated carbocycles. The molecule has 1 fully saturated rings. The Balaban J connectivity index is 1.53. The van der Waals surface area contributed by atoms with Crippen LogP contribution in [0.15, 0.2) is 60.9 Å². The first kappa shape index (κ1) is 22.8. The number of rotatable bonds is 5. The monoisotopic (exact) mass is 482 g/mol. The zero-order valence-corrected chi connectivity index (χ0v) is 19.2. The van der Waals surface area contributed by atoms with Gasteiger partial charge in [0.2, 0.25) is 0 Å². The van der Waals surface area contributed by atoms with Crippen molar-refractivity contribution in [3.05, 3.63) is 74.4 Å². The Labute approximate surface area is 198 Å². The number of alkyl halides is 2. The van der Waals surface area contributed by atoms with Gasteiger partial charge in [0.05, 0.1) is 17.0 Å². The van der Waals surface area contributed by atoms with Gasteiger partial charge in [-0.25, -0.2) is 18.7 Å². The lowest BCUT2D eigenvalue weighted by Crippen LogP contribution is -2.39. The summed E-state index contributed by atoms with van der Waals surface area (Å²) in [6, 6.07) is 12.0. The number of aromatic amines is 1. The summed E-state index contributed by atoms with van der Waals surface area (Å²) in [5.74, 6) is -2.92. The highest BCUT2D eigenvalue weighted by Gasteiger charge is 2.35. The summed E-state index contributed by atoms with van der Waals surface area (Å²) in [6.45, 7) is 4.03. The maximum atomic E-state index is 13.6. The van der Waals surface area contributed by atoms with E-state index in [9.17, 15) is 18.4 Å². The average molecular weight is 482 g/mol. The maximum absolute atomic E-state index is 13.6. The highest BCUT2D eigenvalue weighted by Crippen LogP contribution is 2.34. The van der Waals surface area contributed by atoms with Crippen LogP contribution in [-0.4, -0.2) is 29.2 Å². The maximum Gasteiger partial charge on any atom is 0.434 e. The van der Waals surface area contributed by atoms with E-state index in [4.69, 9.17) is 8.83 Å². The van der Waals surface area contributed by atoms with Crippen LogP contribution in [0.2, 0.25) is 0 Å². The molecule has 0 amide bonds. The number of hydrogen-bond acceptors (Lipinski definition) is 7. The molecule has 1 aliphatic rings. The minimum atomic E-state index is -2.70. The Bertz CT molecular complexity index is 1500. The van der Waals surface area contributed by atoms with Gasteiger partial charge in [0.25, 0.3) is 11.8 Å². The fraction of sp³-hybridized carbons (Fsp3) is 0.320. The van der Waals surface area contributed by atoms with E-state index < -0.39 is 11.7 Å². The molecule has 0 aliphatic carbocycles. The second-order valence-electron chi connectivity index (χ2n) is 8.85. The molecule has 1 saturated heterocycles. The Kier molecular flexibility index (Phi) is 5.66. The zero-order chi connectivity index (χ0) is 24.7. The topological polar surface area (TPSA) is 104 Å². The van der Waals surface area contributed by atoms with E-state index >= 15 is 0 Å². The molecular formula is C25H24F2N4O4. The number of piperidine rings is 1. The summed E-state index contributed by atoms with van der Waals surface area (Å²) in [7, 11) is 0. The van der Waals surface area contributed by atoms with Crippen molar-refractivity contribution >= 4 is 22.5 Å². The van der Waals surface area contributed by atoms with Gasteiger partial charge in [0.1, 0.15) is 5.58 Å². The third-order valence-corrected chi connectivity index (χ3v) is 6.23. The van der Waals surface area contributed by atoms with Gasteiger partial charge < -0.3 is 19.1 Å². The van der Waals surface area contributed by atoms with E-state index in [0.29, 0.717) is 22.2 Å². The number of benzene rings is 2. The summed E-state index contributed by atoms with van der Waals surface area (Å²) in [5.41, 5.74) is 3.05. The van der Waals surface area contributed by atoms with Crippen molar-refractivity contribution in [3.8, 4) is 11.5 Å². The van der Waals surface area contributed by atoms with E-state index in [2.05, 4.69) is 15.5 Å². The number of nitrogens with one attached hydrogen (secondary N) is 2. The summed E-state index contributed by atoms with van der Waals surface area (Å²) in [6.07, 6.45) is -0.568. The minimum Gasteiger partial charge on any atom is -0.440 e. The molecule has 2 aromatic heterocycles. The smallest absolute Gasteiger partial charge is 0.434 e. The number of aryl methyl sites for hydroxylation is 1. The molecule has 1 atom stereocenters. The van der Waals surface area contributed by atoms with Crippen LogP contribution in [0.1, 0.15) is 36.9 Å². The van der Waals surface area contributed by atoms with Crippen molar-refractivity contribution in [2.45, 2.75) is 38.7 Å². The fourth-order valence-corrected chi connectivity index (χ4v) is 4.41. The summed E-state index contributed by atoms with van der Waals surface area (Å²) in [4.78, 5) is 26.1. The van der Waals surface area contributed by atoms with Crippen LogP contribution in [0.25, 0.3) is 22.4 Å². The third-order valence-electron chi connectivity index (χ3n) is 6.23. The molecule has 4 aromatic rings. The van der Waals surface area contributed by atoms with Gasteiger partial charge in [-0.2, -0.15) is 0 Å². The fourth-order valence-electron chi connectivity index (χ4n) is 4.41. The Hall–Kier alpha value is -3.95. The van der Waals surface area contributed by atoms with Crippen LogP contribution in [0, 0.1) is 6.92 Å². The lowest BCUT2D eigenvalue weighted by Gasteiger charge is -2.32. The van der Waals surface area contributed by atoms with Gasteiger partial charge in [-0.05, 0) is 37.6 Å². The van der Waals surface area contributed by atoms with Gasteiger partial charge in [0.15, 0.2) is 11.3 Å². The van der Waals surface area contributed by atoms with Crippen LogP contribution >= 0.6 is 0 Å². The summed E-state index contributed by atoms with van der Waals surface area (Å²) in [5, 5.41) is 9.99. The number of H-pyrrole nitrogens is 1. The number of nitrogens with zero attached hydrogens (tertiary/aromatic N) is 2. The molecular weight excluding hydrogens is 458 g/mol. The van der Waals surface area contributed by atoms with Gasteiger partial charge in [-0.1, -0.05) is 18.2 Å². The molecule has 0 radical (unpaired) electrons. The molecule has 182 valence electrons. The SMILES string of the molecule is Cc1cc(C(C)Nc2ccccc2-c2n[nH]c(=O)o2)c2oc(N3CCC(F)(F)CC3)cc(=O)c2c1. The van der Waals surface area contributed by atoms with Crippen LogP contribution in [0.5, 0.6) is 0 Å². The second-order valence-corrected chi connectivity index (χ2v) is 8.85. The number of halogens is 2. The second kappa shape index (κ2) is 8.68. The van der Waals surface area contributed by atoms with Crippen molar-refractivity contribution in [2.24, 2.45) is 0 Å². The lowest BCUT2D eigenvalue weighted by molar-refractivity contribution is -0.0225. The Morgan fingerprint density at radius 1 is 1.11 bits per heavy atom. The first-order valence-electron chi connectivity index (χ1n) is 11.3. The highest BCUT2D eigenvalue weighted by atomic mass is 19.3. The Morgan fingerprint density at radius 2 is 1.86 bits per heavy atom. The standard InChI is InChI=1S/C25H24F2N4O4/c1-14-11-17(15(2)28-19-6-4-3-5-16(19)23-29-30-24(33)35-23)22-18(12-14)20(32)13-21(34-22)31-9-7-25(26,27)8-10-31/h3-6,11-13,15,28H,7-10H2,1-2H3,(H,30,33). The molecule has 1 unspecified atom stereocenters. The predicted octanol–water partition coefficient (Wildman–Crippen LogP) is 4.85. The lowest BCUT2D eigenvalue weighted by atomic mass is 10.0. The first-order valence-corrected chi connectivity index (χ1v) is 11.3.